The minimum absolute atomic E-state index is 1.15. The first-order valence-electron chi connectivity index (χ1n) is 14.4. The standard InChI is InChI=1S/2C20H10Br2/c21-17-9-8-14-12-4-2-6-16-18(22)10-7-13(20(12)16)11-3-1-5-15(17)19(11)14;21-17-9-7-13-14-8-10-18(22)16-6-2-4-12(20(14)16)11-3-1-5-15(17)19(11)13/h2*1-10H. The van der Waals surface area contributed by atoms with Gasteiger partial charge in [0, 0.05) is 17.9 Å². The first-order valence-corrected chi connectivity index (χ1v) is 17.5. The van der Waals surface area contributed by atoms with Crippen molar-refractivity contribution in [3.63, 3.8) is 0 Å². The highest BCUT2D eigenvalue weighted by molar-refractivity contribution is 9.11. The van der Waals surface area contributed by atoms with E-state index in [-0.39, 0.29) is 0 Å². The van der Waals surface area contributed by atoms with E-state index in [1.54, 1.807) is 0 Å². The van der Waals surface area contributed by atoms with Crippen molar-refractivity contribution in [3.05, 3.63) is 139 Å². The van der Waals surface area contributed by atoms with E-state index in [4.69, 9.17) is 0 Å². The van der Waals surface area contributed by atoms with Crippen LogP contribution in [0.1, 0.15) is 0 Å². The summed E-state index contributed by atoms with van der Waals surface area (Å²) in [5.41, 5.74) is 0. The van der Waals surface area contributed by atoms with Crippen molar-refractivity contribution in [2.24, 2.45) is 0 Å². The van der Waals surface area contributed by atoms with Gasteiger partial charge in [0.2, 0.25) is 0 Å². The average molecular weight is 820 g/mol. The molecule has 0 atom stereocenters. The fourth-order valence-corrected chi connectivity index (χ4v) is 9.13. The maximum absolute atomic E-state index is 3.70. The Labute approximate surface area is 286 Å². The van der Waals surface area contributed by atoms with Gasteiger partial charge in [0.25, 0.3) is 0 Å². The molecule has 0 bridgehead atoms. The van der Waals surface area contributed by atoms with Crippen LogP contribution in [0.2, 0.25) is 0 Å². The van der Waals surface area contributed by atoms with Crippen LogP contribution < -0.4 is 0 Å². The largest absolute Gasteiger partial charge is 0.0610 e. The third kappa shape index (κ3) is 3.78. The fourth-order valence-electron chi connectivity index (χ4n) is 7.28. The number of halogens is 4. The van der Waals surface area contributed by atoms with Crippen LogP contribution >= 0.6 is 63.7 Å². The molecule has 0 radical (unpaired) electrons. The third-order valence-electron chi connectivity index (χ3n) is 9.11. The van der Waals surface area contributed by atoms with Gasteiger partial charge in [-0.05, 0) is 110 Å². The van der Waals surface area contributed by atoms with Crippen molar-refractivity contribution >= 4 is 150 Å². The number of hydrogen-bond donors (Lipinski definition) is 0. The van der Waals surface area contributed by atoms with Gasteiger partial charge < -0.3 is 0 Å². The zero-order chi connectivity index (χ0) is 29.7. The lowest BCUT2D eigenvalue weighted by molar-refractivity contribution is 1.74. The molecule has 10 aromatic rings. The zero-order valence-electron chi connectivity index (χ0n) is 23.1. The third-order valence-corrected chi connectivity index (χ3v) is 11.9. The zero-order valence-corrected chi connectivity index (χ0v) is 29.4. The summed E-state index contributed by atoms with van der Waals surface area (Å²) >= 11 is 14.8. The minimum atomic E-state index is 1.15. The van der Waals surface area contributed by atoms with Crippen LogP contribution in [0.3, 0.4) is 0 Å². The van der Waals surface area contributed by atoms with Crippen molar-refractivity contribution in [2.75, 3.05) is 0 Å². The highest BCUT2D eigenvalue weighted by atomic mass is 79.9. The lowest BCUT2D eigenvalue weighted by atomic mass is 9.90. The van der Waals surface area contributed by atoms with Crippen molar-refractivity contribution in [2.45, 2.75) is 0 Å². The Morgan fingerprint density at radius 2 is 0.386 bits per heavy atom. The van der Waals surface area contributed by atoms with Crippen LogP contribution in [0.25, 0.3) is 86.2 Å². The highest BCUT2D eigenvalue weighted by Crippen LogP contribution is 2.45. The van der Waals surface area contributed by atoms with Gasteiger partial charge in [-0.3, -0.25) is 0 Å². The summed E-state index contributed by atoms with van der Waals surface area (Å²) in [4.78, 5) is 0. The van der Waals surface area contributed by atoms with Crippen LogP contribution in [0.15, 0.2) is 139 Å². The predicted molar refractivity (Wildman–Crippen MR) is 206 cm³/mol. The molecular formula is C40H20Br4. The Hall–Kier alpha value is -3.28. The molecule has 0 saturated carbocycles. The number of benzene rings is 10. The molecule has 0 unspecified atom stereocenters. The second-order valence-electron chi connectivity index (χ2n) is 11.3. The SMILES string of the molecule is Brc1ccc2c3ccc(Br)c4cccc(c5cccc1c52)c43.Brc1ccc2c3cccc4c(Br)ccc(c5cccc1c52)c43. The molecule has 0 fully saturated rings. The van der Waals surface area contributed by atoms with E-state index in [9.17, 15) is 0 Å². The van der Waals surface area contributed by atoms with Gasteiger partial charge in [-0.2, -0.15) is 0 Å². The Balaban J connectivity index is 0.000000123. The lowest BCUT2D eigenvalue weighted by Gasteiger charge is -2.15. The second kappa shape index (κ2) is 10.1. The highest BCUT2D eigenvalue weighted by Gasteiger charge is 2.16. The molecule has 0 nitrogen and oxygen atoms in total. The first kappa shape index (κ1) is 27.1. The summed E-state index contributed by atoms with van der Waals surface area (Å²) in [6.07, 6.45) is 0. The Morgan fingerprint density at radius 1 is 0.205 bits per heavy atom. The van der Waals surface area contributed by atoms with Crippen molar-refractivity contribution < 1.29 is 0 Å². The van der Waals surface area contributed by atoms with Gasteiger partial charge in [-0.1, -0.05) is 161 Å². The topological polar surface area (TPSA) is 0 Å². The fraction of sp³-hybridized carbons (Fsp3) is 0. The van der Waals surface area contributed by atoms with Crippen LogP contribution in [0.4, 0.5) is 0 Å². The molecular weight excluding hydrogens is 800 g/mol. The van der Waals surface area contributed by atoms with Crippen LogP contribution in [-0.2, 0) is 0 Å². The molecule has 208 valence electrons. The molecule has 0 amide bonds. The molecule has 0 N–H and O–H groups in total. The van der Waals surface area contributed by atoms with Gasteiger partial charge in [0.15, 0.2) is 0 Å². The summed E-state index contributed by atoms with van der Waals surface area (Å²) in [6, 6.07) is 43.8. The normalized spacial score (nSPS) is 12.1. The molecule has 0 aliphatic heterocycles. The van der Waals surface area contributed by atoms with Crippen LogP contribution in [0, 0.1) is 0 Å². The predicted octanol–water partition coefficient (Wildman–Crippen LogP) is 14.5. The van der Waals surface area contributed by atoms with Gasteiger partial charge in [0.1, 0.15) is 0 Å². The molecule has 4 heteroatoms. The van der Waals surface area contributed by atoms with E-state index in [1.807, 2.05) is 0 Å². The summed E-state index contributed by atoms with van der Waals surface area (Å²) in [6.45, 7) is 0. The Kier molecular flexibility index (Phi) is 6.22. The monoisotopic (exact) mass is 816 g/mol. The molecule has 10 aromatic carbocycles. The van der Waals surface area contributed by atoms with Gasteiger partial charge >= 0.3 is 0 Å². The van der Waals surface area contributed by atoms with E-state index in [0.717, 1.165) is 17.9 Å². The second-order valence-corrected chi connectivity index (χ2v) is 14.7. The Bertz CT molecular complexity index is 2340. The summed E-state index contributed by atoms with van der Waals surface area (Å²) in [7, 11) is 0. The molecule has 10 rings (SSSR count). The van der Waals surface area contributed by atoms with Gasteiger partial charge in [-0.15, -0.1) is 0 Å². The van der Waals surface area contributed by atoms with E-state index >= 15 is 0 Å². The number of hydrogen-bond acceptors (Lipinski definition) is 0. The van der Waals surface area contributed by atoms with Crippen LogP contribution in [0.5, 0.6) is 0 Å². The molecule has 0 aromatic heterocycles. The molecule has 0 spiro atoms. The quantitative estimate of drug-likeness (QED) is 0.106. The number of rotatable bonds is 0. The van der Waals surface area contributed by atoms with Crippen LogP contribution in [-0.4, -0.2) is 0 Å². The van der Waals surface area contributed by atoms with Gasteiger partial charge in [0.05, 0.1) is 0 Å². The molecule has 0 aliphatic rings. The maximum atomic E-state index is 3.70. The van der Waals surface area contributed by atoms with E-state index < -0.39 is 0 Å². The summed E-state index contributed by atoms with van der Waals surface area (Å²) in [5, 5.41) is 21.1. The number of fused-ring (bicyclic) bond motifs is 4. The smallest absolute Gasteiger partial charge is 0.0254 e. The van der Waals surface area contributed by atoms with E-state index in [0.29, 0.717) is 0 Å². The maximum Gasteiger partial charge on any atom is 0.0254 e. The summed E-state index contributed by atoms with van der Waals surface area (Å²) < 4.78 is 4.61. The summed E-state index contributed by atoms with van der Waals surface area (Å²) in [5.74, 6) is 0. The van der Waals surface area contributed by atoms with Crippen molar-refractivity contribution in [3.8, 4) is 0 Å². The average Bonchev–Trinajstić information content (AvgIpc) is 3.06. The van der Waals surface area contributed by atoms with Crippen molar-refractivity contribution in [1.29, 1.82) is 0 Å². The molecule has 0 heterocycles. The molecule has 0 saturated heterocycles. The van der Waals surface area contributed by atoms with E-state index in [2.05, 4.69) is 185 Å². The molecule has 0 aliphatic carbocycles. The first-order chi connectivity index (χ1) is 21.5. The Morgan fingerprint density at radius 3 is 0.614 bits per heavy atom. The minimum Gasteiger partial charge on any atom is -0.0610 e. The van der Waals surface area contributed by atoms with Crippen molar-refractivity contribution in [1.82, 2.24) is 0 Å². The molecule has 44 heavy (non-hydrogen) atoms. The lowest BCUT2D eigenvalue weighted by Crippen LogP contribution is -1.87. The van der Waals surface area contributed by atoms with E-state index in [1.165, 1.54) is 86.2 Å². The van der Waals surface area contributed by atoms with Gasteiger partial charge in [-0.25, -0.2) is 0 Å².